The normalized spacial score (nSPS) is 10.4. The van der Waals surface area contributed by atoms with Crippen LogP contribution in [0.25, 0.3) is 0 Å². The zero-order valence-electron chi connectivity index (χ0n) is 5.57. The monoisotopic (exact) mass is 135 g/mol. The van der Waals surface area contributed by atoms with E-state index in [2.05, 4.69) is 4.98 Å². The number of rotatable bonds is 2. The molecule has 1 rings (SSSR count). The molecule has 1 N–H and O–H groups in total. The third kappa shape index (κ3) is 1.90. The number of nitrogens with zero attached hydrogens (tertiary/aromatic N) is 1. The summed E-state index contributed by atoms with van der Waals surface area (Å²) in [4.78, 5) is 3.92. The topological polar surface area (TPSA) is 33.1 Å². The van der Waals surface area contributed by atoms with Crippen molar-refractivity contribution in [3.05, 3.63) is 42.4 Å². The lowest BCUT2D eigenvalue weighted by molar-refractivity contribution is 0.471. The summed E-state index contributed by atoms with van der Waals surface area (Å²) in [6.07, 6.45) is 6.97. The van der Waals surface area contributed by atoms with Crippen LogP contribution < -0.4 is 0 Å². The van der Waals surface area contributed by atoms with Crippen LogP contribution in [-0.4, -0.2) is 10.1 Å². The molecule has 0 saturated carbocycles. The lowest BCUT2D eigenvalue weighted by Gasteiger charge is -1.90. The molecule has 1 aromatic heterocycles. The summed E-state index contributed by atoms with van der Waals surface area (Å²) in [7, 11) is 0. The Bertz CT molecular complexity index is 206. The first kappa shape index (κ1) is 6.81. The second-order valence-corrected chi connectivity index (χ2v) is 1.95. The van der Waals surface area contributed by atoms with E-state index >= 15 is 0 Å². The van der Waals surface area contributed by atoms with Crippen LogP contribution in [0.3, 0.4) is 0 Å². The first-order chi connectivity index (χ1) is 4.93. The van der Waals surface area contributed by atoms with E-state index in [0.29, 0.717) is 0 Å². The van der Waals surface area contributed by atoms with E-state index in [1.54, 1.807) is 18.5 Å². The average Bonchev–Trinajstić information content (AvgIpc) is 2.03. The van der Waals surface area contributed by atoms with Gasteiger partial charge in [-0.25, -0.2) is 0 Å². The SMILES string of the molecule is O/C=C/Cc1cccnc1. The minimum atomic E-state index is 0.740. The smallest absolute Gasteiger partial charge is 0.0755 e. The number of hydrogen-bond acceptors (Lipinski definition) is 2. The van der Waals surface area contributed by atoms with Gasteiger partial charge in [0, 0.05) is 12.4 Å². The molecule has 0 radical (unpaired) electrons. The van der Waals surface area contributed by atoms with E-state index in [-0.39, 0.29) is 0 Å². The molecule has 10 heavy (non-hydrogen) atoms. The van der Waals surface area contributed by atoms with Crippen LogP contribution >= 0.6 is 0 Å². The molecular weight excluding hydrogens is 126 g/mol. The van der Waals surface area contributed by atoms with Gasteiger partial charge in [0.05, 0.1) is 6.26 Å². The molecule has 0 saturated heterocycles. The van der Waals surface area contributed by atoms with Gasteiger partial charge in [-0.05, 0) is 24.1 Å². The molecule has 0 amide bonds. The molecule has 0 aromatic carbocycles. The Morgan fingerprint density at radius 3 is 3.10 bits per heavy atom. The van der Waals surface area contributed by atoms with Gasteiger partial charge >= 0.3 is 0 Å². The van der Waals surface area contributed by atoms with Crippen molar-refractivity contribution in [2.75, 3.05) is 0 Å². The highest BCUT2D eigenvalue weighted by molar-refractivity contribution is 5.11. The number of aliphatic hydroxyl groups is 1. The van der Waals surface area contributed by atoms with Gasteiger partial charge in [-0.15, -0.1) is 0 Å². The largest absolute Gasteiger partial charge is 0.516 e. The molecule has 2 heteroatoms. The number of hydrogen-bond donors (Lipinski definition) is 1. The van der Waals surface area contributed by atoms with Crippen molar-refractivity contribution in [3.8, 4) is 0 Å². The quantitative estimate of drug-likeness (QED) is 0.626. The maximum atomic E-state index is 8.33. The molecule has 0 unspecified atom stereocenters. The molecule has 1 heterocycles. The minimum absolute atomic E-state index is 0.740. The molecule has 1 aromatic rings. The zero-order valence-corrected chi connectivity index (χ0v) is 5.57. The lowest BCUT2D eigenvalue weighted by atomic mass is 10.2. The summed E-state index contributed by atoms with van der Waals surface area (Å²) >= 11 is 0. The second-order valence-electron chi connectivity index (χ2n) is 1.95. The number of pyridine rings is 1. The second kappa shape index (κ2) is 3.67. The fourth-order valence-corrected chi connectivity index (χ4v) is 0.708. The molecular formula is C8H9NO. The van der Waals surface area contributed by atoms with Crippen molar-refractivity contribution in [3.63, 3.8) is 0 Å². The van der Waals surface area contributed by atoms with Crippen molar-refractivity contribution < 1.29 is 5.11 Å². The molecule has 52 valence electrons. The van der Waals surface area contributed by atoms with Gasteiger partial charge in [0.15, 0.2) is 0 Å². The first-order valence-electron chi connectivity index (χ1n) is 3.11. The Kier molecular flexibility index (Phi) is 2.49. The fourth-order valence-electron chi connectivity index (χ4n) is 0.708. The molecule has 2 nitrogen and oxygen atoms in total. The predicted molar refractivity (Wildman–Crippen MR) is 39.7 cm³/mol. The van der Waals surface area contributed by atoms with E-state index in [1.807, 2.05) is 12.1 Å². The van der Waals surface area contributed by atoms with Gasteiger partial charge < -0.3 is 5.11 Å². The van der Waals surface area contributed by atoms with E-state index in [1.165, 1.54) is 0 Å². The Morgan fingerprint density at radius 2 is 2.50 bits per heavy atom. The van der Waals surface area contributed by atoms with Crippen molar-refractivity contribution in [1.82, 2.24) is 4.98 Å². The number of aromatic nitrogens is 1. The molecule has 0 aliphatic heterocycles. The average molecular weight is 135 g/mol. The standard InChI is InChI=1S/C8H9NO/c10-6-2-4-8-3-1-5-9-7-8/h1-3,5-7,10H,4H2/b6-2+. The molecule has 0 atom stereocenters. The molecule has 0 aliphatic rings. The fraction of sp³-hybridized carbons (Fsp3) is 0.125. The number of allylic oxidation sites excluding steroid dienone is 1. The predicted octanol–water partition coefficient (Wildman–Crippen LogP) is 1.70. The Labute approximate surface area is 59.9 Å². The van der Waals surface area contributed by atoms with Gasteiger partial charge in [-0.2, -0.15) is 0 Å². The van der Waals surface area contributed by atoms with E-state index in [4.69, 9.17) is 5.11 Å². The summed E-state index contributed by atoms with van der Waals surface area (Å²) in [6.45, 7) is 0. The summed E-state index contributed by atoms with van der Waals surface area (Å²) in [5.41, 5.74) is 1.10. The maximum Gasteiger partial charge on any atom is 0.0755 e. The first-order valence-corrected chi connectivity index (χ1v) is 3.11. The lowest BCUT2D eigenvalue weighted by Crippen LogP contribution is -1.80. The van der Waals surface area contributed by atoms with Gasteiger partial charge in [-0.3, -0.25) is 4.98 Å². The number of aliphatic hydroxyl groups excluding tert-OH is 1. The highest BCUT2D eigenvalue weighted by atomic mass is 16.2. The van der Waals surface area contributed by atoms with Crippen molar-refractivity contribution >= 4 is 0 Å². The van der Waals surface area contributed by atoms with Crippen molar-refractivity contribution in [2.24, 2.45) is 0 Å². The van der Waals surface area contributed by atoms with Gasteiger partial charge in [0.25, 0.3) is 0 Å². The Balaban J connectivity index is 2.59. The van der Waals surface area contributed by atoms with Gasteiger partial charge in [0.1, 0.15) is 0 Å². The summed E-state index contributed by atoms with van der Waals surface area (Å²) < 4.78 is 0. The highest BCUT2D eigenvalue weighted by Gasteiger charge is 1.84. The van der Waals surface area contributed by atoms with Crippen molar-refractivity contribution in [2.45, 2.75) is 6.42 Å². The third-order valence-electron chi connectivity index (χ3n) is 1.18. The summed E-state index contributed by atoms with van der Waals surface area (Å²) in [6, 6.07) is 3.84. The third-order valence-corrected chi connectivity index (χ3v) is 1.18. The van der Waals surface area contributed by atoms with Crippen LogP contribution in [0.2, 0.25) is 0 Å². The summed E-state index contributed by atoms with van der Waals surface area (Å²) in [5, 5.41) is 8.33. The molecule has 0 bridgehead atoms. The van der Waals surface area contributed by atoms with Crippen molar-refractivity contribution in [1.29, 1.82) is 0 Å². The maximum absolute atomic E-state index is 8.33. The Hall–Kier alpha value is -1.31. The van der Waals surface area contributed by atoms with Crippen LogP contribution in [-0.2, 0) is 6.42 Å². The van der Waals surface area contributed by atoms with E-state index in [9.17, 15) is 0 Å². The summed E-state index contributed by atoms with van der Waals surface area (Å²) in [5.74, 6) is 0. The van der Waals surface area contributed by atoms with Gasteiger partial charge in [-0.1, -0.05) is 6.07 Å². The highest BCUT2D eigenvalue weighted by Crippen LogP contribution is 1.96. The van der Waals surface area contributed by atoms with Crippen LogP contribution in [0.15, 0.2) is 36.9 Å². The van der Waals surface area contributed by atoms with Crippen LogP contribution in [0.1, 0.15) is 5.56 Å². The van der Waals surface area contributed by atoms with Crippen LogP contribution in [0, 0.1) is 0 Å². The van der Waals surface area contributed by atoms with E-state index < -0.39 is 0 Å². The minimum Gasteiger partial charge on any atom is -0.516 e. The Morgan fingerprint density at radius 1 is 1.60 bits per heavy atom. The van der Waals surface area contributed by atoms with Crippen LogP contribution in [0.5, 0.6) is 0 Å². The molecule has 0 spiro atoms. The van der Waals surface area contributed by atoms with Gasteiger partial charge in [0.2, 0.25) is 0 Å². The zero-order chi connectivity index (χ0) is 7.23. The van der Waals surface area contributed by atoms with E-state index in [0.717, 1.165) is 18.2 Å². The molecule has 0 fully saturated rings. The van der Waals surface area contributed by atoms with Crippen LogP contribution in [0.4, 0.5) is 0 Å². The molecule has 0 aliphatic carbocycles.